The molecule has 0 saturated heterocycles. The number of hydrogen-bond donors (Lipinski definition) is 0. The predicted octanol–water partition coefficient (Wildman–Crippen LogP) is 7.50. The van der Waals surface area contributed by atoms with E-state index in [0.29, 0.717) is 18.6 Å². The summed E-state index contributed by atoms with van der Waals surface area (Å²) in [6.07, 6.45) is 10.4. The van der Waals surface area contributed by atoms with Gasteiger partial charge in [-0.1, -0.05) is 51.2 Å². The maximum absolute atomic E-state index is 14.6. The molecule has 6 aromatic rings. The molecule has 248 valence electrons. The molecule has 0 N–H and O–H groups in total. The van der Waals surface area contributed by atoms with Crippen LogP contribution in [0.3, 0.4) is 0 Å². The van der Waals surface area contributed by atoms with Gasteiger partial charge in [-0.3, -0.25) is 18.6 Å². The monoisotopic (exact) mass is 678 g/mol. The van der Waals surface area contributed by atoms with Gasteiger partial charge in [-0.25, -0.2) is 0 Å². The Morgan fingerprint density at radius 2 is 1.62 bits per heavy atom. The van der Waals surface area contributed by atoms with E-state index in [9.17, 15) is 9.59 Å². The molecule has 1 aromatic carbocycles. The van der Waals surface area contributed by atoms with Gasteiger partial charge in [0, 0.05) is 57.9 Å². The highest BCUT2D eigenvalue weighted by Crippen LogP contribution is 2.46. The van der Waals surface area contributed by atoms with Gasteiger partial charge in [-0.05, 0) is 54.7 Å². The van der Waals surface area contributed by atoms with E-state index in [-0.39, 0.29) is 11.5 Å². The highest BCUT2D eigenvalue weighted by Gasteiger charge is 2.36. The molecule has 5 aromatic heterocycles. The van der Waals surface area contributed by atoms with E-state index < -0.39 is 5.92 Å². The van der Waals surface area contributed by atoms with Crippen molar-refractivity contribution in [1.82, 2.24) is 8.97 Å². The van der Waals surface area contributed by atoms with Crippen molar-refractivity contribution in [1.29, 1.82) is 0 Å². The van der Waals surface area contributed by atoms with Gasteiger partial charge in [-0.2, -0.15) is 0 Å². The molecular weight excluding hydrogens is 635 g/mol. The van der Waals surface area contributed by atoms with E-state index >= 15 is 0 Å². The molecule has 6 nitrogen and oxygen atoms in total. The molecule has 1 atom stereocenters. The number of carbonyl (C=O) groups excluding carboxylic acids is 1. The SMILES string of the molecule is BCCOCCc1sc2cc3/c(=C/C)c4c5c(ccc4c(=O)n3c2c1CCC)-c1cc2sc(CCOC)c(CCC)c2n1C(=O)C5C=C. The quantitative estimate of drug-likeness (QED) is 0.0722. The number of carbonyl (C=O) groups is 1. The first kappa shape index (κ1) is 33.0. The van der Waals surface area contributed by atoms with Crippen LogP contribution in [-0.4, -0.2) is 49.7 Å². The number of aromatic nitrogens is 2. The van der Waals surface area contributed by atoms with Crippen LogP contribution in [0.15, 0.2) is 41.7 Å². The number of nitrogens with zero attached hydrogens (tertiary/aromatic N) is 2. The van der Waals surface area contributed by atoms with Crippen molar-refractivity contribution >= 4 is 79.2 Å². The van der Waals surface area contributed by atoms with Gasteiger partial charge in [0.2, 0.25) is 5.91 Å². The van der Waals surface area contributed by atoms with Gasteiger partial charge >= 0.3 is 0 Å². The third-order valence-electron chi connectivity index (χ3n) is 9.82. The number of thiophene rings is 2. The van der Waals surface area contributed by atoms with Crippen molar-refractivity contribution in [2.75, 3.05) is 26.9 Å². The number of pyridine rings is 1. The fraction of sp³-hybridized carbons (Fsp3) is 0.385. The van der Waals surface area contributed by atoms with E-state index in [1.807, 2.05) is 22.0 Å². The minimum atomic E-state index is -0.578. The number of methoxy groups -OCH3 is 1. The Balaban J connectivity index is 1.50. The number of aryl methyl sites for hydroxylation is 2. The normalized spacial score (nSPS) is 15.0. The molecule has 1 aliphatic rings. The van der Waals surface area contributed by atoms with Crippen molar-refractivity contribution in [2.24, 2.45) is 0 Å². The number of ether oxygens (including phenoxy) is 2. The number of rotatable bonds is 13. The van der Waals surface area contributed by atoms with Gasteiger partial charge < -0.3 is 9.47 Å². The van der Waals surface area contributed by atoms with E-state index in [4.69, 9.17) is 9.47 Å². The van der Waals surface area contributed by atoms with Crippen molar-refractivity contribution in [3.05, 3.63) is 78.9 Å². The smallest absolute Gasteiger partial charge is 0.263 e. The number of hydrogen-bond acceptors (Lipinski definition) is 6. The summed E-state index contributed by atoms with van der Waals surface area (Å²) < 4.78 is 17.4. The van der Waals surface area contributed by atoms with Gasteiger partial charge in [0.1, 0.15) is 7.85 Å². The first-order valence-electron chi connectivity index (χ1n) is 17.4. The fourth-order valence-corrected chi connectivity index (χ4v) is 10.4. The van der Waals surface area contributed by atoms with Crippen LogP contribution in [0.5, 0.6) is 0 Å². The Hall–Kier alpha value is -3.50. The zero-order valence-electron chi connectivity index (χ0n) is 28.7. The molecule has 0 saturated carbocycles. The van der Waals surface area contributed by atoms with Gasteiger partial charge in [0.15, 0.2) is 0 Å². The van der Waals surface area contributed by atoms with Crippen LogP contribution in [0, 0.1) is 0 Å². The molecule has 0 fully saturated rings. The molecule has 1 aliphatic heterocycles. The molecule has 1 unspecified atom stereocenters. The molecule has 0 bridgehead atoms. The molecular formula is C39H43BN2O4S2. The summed E-state index contributed by atoms with van der Waals surface area (Å²) in [5.74, 6) is -0.583. The second kappa shape index (κ2) is 13.4. The lowest BCUT2D eigenvalue weighted by molar-refractivity contribution is 0.0900. The highest BCUT2D eigenvalue weighted by atomic mass is 32.1. The second-order valence-corrected chi connectivity index (χ2v) is 15.1. The fourth-order valence-electron chi connectivity index (χ4n) is 7.87. The number of fused-ring (bicyclic) bond motifs is 10. The van der Waals surface area contributed by atoms with Crippen LogP contribution in [0.4, 0.5) is 0 Å². The molecule has 0 aliphatic carbocycles. The average Bonchev–Trinajstić information content (AvgIpc) is 3.82. The Morgan fingerprint density at radius 1 is 0.938 bits per heavy atom. The topological polar surface area (TPSA) is 61.9 Å². The summed E-state index contributed by atoms with van der Waals surface area (Å²) in [5.41, 5.74) is 8.24. The van der Waals surface area contributed by atoms with E-state index in [0.717, 1.165) is 105 Å². The molecule has 7 rings (SSSR count). The Kier molecular flexibility index (Phi) is 9.24. The van der Waals surface area contributed by atoms with Crippen LogP contribution in [0.2, 0.25) is 6.32 Å². The molecule has 0 radical (unpaired) electrons. The average molecular weight is 679 g/mol. The first-order valence-corrected chi connectivity index (χ1v) is 19.0. The predicted molar refractivity (Wildman–Crippen MR) is 206 cm³/mol. The number of allylic oxidation sites excluding steroid dienone is 1. The van der Waals surface area contributed by atoms with Crippen molar-refractivity contribution in [3.63, 3.8) is 0 Å². The van der Waals surface area contributed by atoms with Crippen LogP contribution >= 0.6 is 22.7 Å². The standard InChI is InChI=1S/C39H43BN2O4S2/c1-6-10-25-30(14-17-45-5)47-33-21-29-24-12-13-27-34(35(24)23(9-4)38(43)42(29)37(25)33)22(8-3)28-20-32-36(41(28)39(27)44)26(11-7-2)31(48-32)15-18-46-19-16-40/h8-9,12-13,20-21,23H,4,6-7,10-11,14-19,40H2,1-3,5H3/b22-8-. The van der Waals surface area contributed by atoms with Crippen molar-refractivity contribution < 1.29 is 14.3 Å². The Morgan fingerprint density at radius 3 is 2.27 bits per heavy atom. The van der Waals surface area contributed by atoms with E-state index in [2.05, 4.69) is 52.5 Å². The van der Waals surface area contributed by atoms with Gasteiger partial charge in [-0.15, -0.1) is 29.3 Å². The Labute approximate surface area is 290 Å². The zero-order chi connectivity index (χ0) is 33.7. The third-order valence-corrected chi connectivity index (χ3v) is 12.3. The largest absolute Gasteiger partial charge is 0.384 e. The maximum Gasteiger partial charge on any atom is 0.263 e. The lowest BCUT2D eigenvalue weighted by Crippen LogP contribution is -2.28. The molecule has 9 heteroatoms. The lowest BCUT2D eigenvalue weighted by Gasteiger charge is -2.27. The second-order valence-electron chi connectivity index (χ2n) is 12.8. The first-order chi connectivity index (χ1) is 23.4. The molecule has 0 spiro atoms. The summed E-state index contributed by atoms with van der Waals surface area (Å²) in [5, 5.41) is 2.50. The zero-order valence-corrected chi connectivity index (χ0v) is 30.3. The summed E-state index contributed by atoms with van der Waals surface area (Å²) in [6.45, 7) is 12.7. The summed E-state index contributed by atoms with van der Waals surface area (Å²) in [6, 6.07) is 8.42. The van der Waals surface area contributed by atoms with Gasteiger partial charge in [0.25, 0.3) is 5.56 Å². The lowest BCUT2D eigenvalue weighted by atomic mass is 9.84. The van der Waals surface area contributed by atoms with Crippen LogP contribution in [-0.2, 0) is 35.2 Å². The van der Waals surface area contributed by atoms with E-state index in [1.165, 1.54) is 20.9 Å². The Bertz CT molecular complexity index is 2340. The summed E-state index contributed by atoms with van der Waals surface area (Å²) in [4.78, 5) is 31.9. The summed E-state index contributed by atoms with van der Waals surface area (Å²) in [7, 11) is 3.86. The number of benzene rings is 1. The van der Waals surface area contributed by atoms with Crippen molar-refractivity contribution in [2.45, 2.75) is 71.5 Å². The minimum absolute atomic E-state index is 0.00523. The van der Waals surface area contributed by atoms with Crippen LogP contribution in [0.1, 0.15) is 70.8 Å². The molecule has 0 amide bonds. The minimum Gasteiger partial charge on any atom is -0.384 e. The molecule has 48 heavy (non-hydrogen) atoms. The highest BCUT2D eigenvalue weighted by molar-refractivity contribution is 7.19. The van der Waals surface area contributed by atoms with E-state index in [1.54, 1.807) is 35.9 Å². The van der Waals surface area contributed by atoms with Gasteiger partial charge in [0.05, 0.1) is 50.8 Å². The van der Waals surface area contributed by atoms with Crippen LogP contribution < -0.4 is 10.8 Å². The summed E-state index contributed by atoms with van der Waals surface area (Å²) >= 11 is 3.56. The third kappa shape index (κ3) is 4.96. The maximum atomic E-state index is 14.6. The van der Waals surface area contributed by atoms with Crippen LogP contribution in [0.25, 0.3) is 54.1 Å². The van der Waals surface area contributed by atoms with Crippen molar-refractivity contribution in [3.8, 4) is 11.3 Å². The molecule has 6 heterocycles.